The molecule has 0 bridgehead atoms. The van der Waals surface area contributed by atoms with E-state index < -0.39 is 12.0 Å². The number of carbonyl (C=O) groups excluding carboxylic acids is 1. The van der Waals surface area contributed by atoms with Crippen molar-refractivity contribution in [3.8, 4) is 0 Å². The molecule has 1 aromatic heterocycles. The van der Waals surface area contributed by atoms with Crippen LogP contribution in [0.4, 0.5) is 0 Å². The first-order chi connectivity index (χ1) is 7.97. The Labute approximate surface area is 105 Å². The Morgan fingerprint density at radius 1 is 1.53 bits per heavy atom. The van der Waals surface area contributed by atoms with Gasteiger partial charge in [-0.25, -0.2) is 4.79 Å². The molecule has 1 rings (SSSR count). The van der Waals surface area contributed by atoms with E-state index in [0.717, 1.165) is 5.56 Å². The van der Waals surface area contributed by atoms with Gasteiger partial charge in [0.15, 0.2) is 0 Å². The van der Waals surface area contributed by atoms with Gasteiger partial charge < -0.3 is 10.4 Å². The first-order valence-corrected chi connectivity index (χ1v) is 6.43. The third-order valence-corrected chi connectivity index (χ3v) is 3.85. The summed E-state index contributed by atoms with van der Waals surface area (Å²) in [5.41, 5.74) is 0.876. The predicted octanol–water partition coefficient (Wildman–Crippen LogP) is 2.29. The van der Waals surface area contributed by atoms with Gasteiger partial charge in [0.2, 0.25) is 0 Å². The lowest BCUT2D eigenvalue weighted by molar-refractivity contribution is -0.140. The smallest absolute Gasteiger partial charge is 0.326 e. The molecule has 0 saturated carbocycles. The lowest BCUT2D eigenvalue weighted by Crippen LogP contribution is -2.44. The fourth-order valence-corrected chi connectivity index (χ4v) is 2.32. The topological polar surface area (TPSA) is 66.4 Å². The Hall–Kier alpha value is -1.36. The van der Waals surface area contributed by atoms with Crippen LogP contribution in [0.15, 0.2) is 11.4 Å². The number of thiophene rings is 1. The van der Waals surface area contributed by atoms with Gasteiger partial charge in [0.1, 0.15) is 6.04 Å². The van der Waals surface area contributed by atoms with Crippen molar-refractivity contribution in [3.63, 3.8) is 0 Å². The number of carboxylic acids is 1. The minimum absolute atomic E-state index is 0.0864. The Balaban J connectivity index is 2.78. The maximum atomic E-state index is 11.9. The van der Waals surface area contributed by atoms with Gasteiger partial charge in [-0.15, -0.1) is 11.3 Å². The molecule has 17 heavy (non-hydrogen) atoms. The van der Waals surface area contributed by atoms with Crippen LogP contribution in [0.2, 0.25) is 0 Å². The summed E-state index contributed by atoms with van der Waals surface area (Å²) in [5, 5.41) is 13.5. The summed E-state index contributed by atoms with van der Waals surface area (Å²) in [6, 6.07) is 1.02. The zero-order chi connectivity index (χ0) is 13.0. The van der Waals surface area contributed by atoms with Gasteiger partial charge in [0, 0.05) is 0 Å². The van der Waals surface area contributed by atoms with Crippen molar-refractivity contribution in [1.82, 2.24) is 5.32 Å². The summed E-state index contributed by atoms with van der Waals surface area (Å²) < 4.78 is 0. The molecule has 2 N–H and O–H groups in total. The fourth-order valence-electron chi connectivity index (χ4n) is 1.50. The van der Waals surface area contributed by atoms with Crippen molar-refractivity contribution in [2.75, 3.05) is 0 Å². The van der Waals surface area contributed by atoms with Crippen LogP contribution in [0.5, 0.6) is 0 Å². The molecular formula is C12H17NO3S. The molecule has 2 unspecified atom stereocenters. The van der Waals surface area contributed by atoms with E-state index in [4.69, 9.17) is 5.11 Å². The molecule has 0 spiro atoms. The lowest BCUT2D eigenvalue weighted by atomic mass is 9.99. The van der Waals surface area contributed by atoms with Gasteiger partial charge in [-0.3, -0.25) is 4.79 Å². The number of amides is 1. The maximum absolute atomic E-state index is 11.9. The highest BCUT2D eigenvalue weighted by Gasteiger charge is 2.26. The number of nitrogens with one attached hydrogen (secondary N) is 1. The fraction of sp³-hybridized carbons (Fsp3) is 0.500. The van der Waals surface area contributed by atoms with Crippen molar-refractivity contribution < 1.29 is 14.7 Å². The number of hydrogen-bond acceptors (Lipinski definition) is 3. The van der Waals surface area contributed by atoms with E-state index in [1.54, 1.807) is 0 Å². The predicted molar refractivity (Wildman–Crippen MR) is 67.4 cm³/mol. The average molecular weight is 255 g/mol. The van der Waals surface area contributed by atoms with Crippen LogP contribution >= 0.6 is 11.3 Å². The molecule has 1 heterocycles. The third-order valence-electron chi connectivity index (χ3n) is 2.83. The zero-order valence-electron chi connectivity index (χ0n) is 10.2. The van der Waals surface area contributed by atoms with Crippen LogP contribution in [0.25, 0.3) is 0 Å². The van der Waals surface area contributed by atoms with Crippen molar-refractivity contribution in [2.24, 2.45) is 5.92 Å². The van der Waals surface area contributed by atoms with Crippen LogP contribution in [-0.2, 0) is 4.79 Å². The van der Waals surface area contributed by atoms with Crippen LogP contribution < -0.4 is 5.32 Å². The minimum Gasteiger partial charge on any atom is -0.480 e. The number of carbonyl (C=O) groups is 2. The van der Waals surface area contributed by atoms with Crippen LogP contribution in [-0.4, -0.2) is 23.0 Å². The monoisotopic (exact) mass is 255 g/mol. The van der Waals surface area contributed by atoms with E-state index in [0.29, 0.717) is 11.3 Å². The first-order valence-electron chi connectivity index (χ1n) is 5.55. The normalized spacial score (nSPS) is 14.1. The molecule has 1 aromatic rings. The Bertz CT molecular complexity index is 414. The molecular weight excluding hydrogens is 238 g/mol. The molecule has 0 fully saturated rings. The number of carboxylic acid groups (broad SMARTS) is 1. The highest BCUT2D eigenvalue weighted by atomic mass is 32.1. The van der Waals surface area contributed by atoms with Crippen LogP contribution in [0.1, 0.15) is 35.5 Å². The summed E-state index contributed by atoms with van der Waals surface area (Å²) in [6.07, 6.45) is 0.709. The molecule has 0 aliphatic carbocycles. The molecule has 0 aromatic carbocycles. The van der Waals surface area contributed by atoms with Crippen molar-refractivity contribution >= 4 is 23.2 Å². The second-order valence-corrected chi connectivity index (χ2v) is 5.02. The summed E-state index contributed by atoms with van der Waals surface area (Å²) >= 11 is 1.33. The van der Waals surface area contributed by atoms with Crippen molar-refractivity contribution in [2.45, 2.75) is 33.2 Å². The quantitative estimate of drug-likeness (QED) is 0.848. The van der Waals surface area contributed by atoms with Gasteiger partial charge in [0.25, 0.3) is 5.91 Å². The standard InChI is InChI=1S/C12H17NO3S/c1-4-7(2)9(12(15)16)13-11(14)10-8(3)5-6-17-10/h5-7,9H,4H2,1-3H3,(H,13,14)(H,15,16). The Morgan fingerprint density at radius 3 is 2.59 bits per heavy atom. The number of rotatable bonds is 5. The summed E-state index contributed by atoms with van der Waals surface area (Å²) in [7, 11) is 0. The SMILES string of the molecule is CCC(C)C(NC(=O)c1sccc1C)C(=O)O. The van der Waals surface area contributed by atoms with Crippen molar-refractivity contribution in [3.05, 3.63) is 21.9 Å². The Morgan fingerprint density at radius 2 is 2.18 bits per heavy atom. The highest BCUT2D eigenvalue weighted by Crippen LogP contribution is 2.16. The number of aryl methyl sites for hydroxylation is 1. The summed E-state index contributed by atoms with van der Waals surface area (Å²) in [6.45, 7) is 5.56. The van der Waals surface area contributed by atoms with E-state index in [1.165, 1.54) is 11.3 Å². The average Bonchev–Trinajstić information content (AvgIpc) is 2.70. The second kappa shape index (κ2) is 5.82. The molecule has 1 amide bonds. The van der Waals surface area contributed by atoms with Crippen LogP contribution in [0.3, 0.4) is 0 Å². The molecule has 0 aliphatic heterocycles. The second-order valence-electron chi connectivity index (χ2n) is 4.11. The largest absolute Gasteiger partial charge is 0.480 e. The van der Waals surface area contributed by atoms with Gasteiger partial charge in [-0.2, -0.15) is 0 Å². The lowest BCUT2D eigenvalue weighted by Gasteiger charge is -2.19. The van der Waals surface area contributed by atoms with Gasteiger partial charge in [0.05, 0.1) is 4.88 Å². The minimum atomic E-state index is -0.984. The van der Waals surface area contributed by atoms with E-state index in [-0.39, 0.29) is 11.8 Å². The van der Waals surface area contributed by atoms with Gasteiger partial charge in [-0.05, 0) is 29.9 Å². The number of aliphatic carboxylic acids is 1. The molecule has 0 saturated heterocycles. The molecule has 0 radical (unpaired) electrons. The van der Waals surface area contributed by atoms with Gasteiger partial charge in [-0.1, -0.05) is 20.3 Å². The first kappa shape index (κ1) is 13.7. The number of hydrogen-bond donors (Lipinski definition) is 2. The summed E-state index contributed by atoms with van der Waals surface area (Å²) in [5.74, 6) is -1.37. The maximum Gasteiger partial charge on any atom is 0.326 e. The van der Waals surface area contributed by atoms with Crippen molar-refractivity contribution in [1.29, 1.82) is 0 Å². The molecule has 5 heteroatoms. The Kier molecular flexibility index (Phi) is 4.69. The molecule has 4 nitrogen and oxygen atoms in total. The third kappa shape index (κ3) is 3.30. The zero-order valence-corrected chi connectivity index (χ0v) is 11.0. The molecule has 94 valence electrons. The van der Waals surface area contributed by atoms with E-state index in [2.05, 4.69) is 5.32 Å². The van der Waals surface area contributed by atoms with E-state index >= 15 is 0 Å². The highest BCUT2D eigenvalue weighted by molar-refractivity contribution is 7.12. The van der Waals surface area contributed by atoms with E-state index in [9.17, 15) is 9.59 Å². The summed E-state index contributed by atoms with van der Waals surface area (Å²) in [4.78, 5) is 23.6. The molecule has 2 atom stereocenters. The van der Waals surface area contributed by atoms with E-state index in [1.807, 2.05) is 32.2 Å². The van der Waals surface area contributed by atoms with Crippen LogP contribution in [0, 0.1) is 12.8 Å². The van der Waals surface area contributed by atoms with Gasteiger partial charge >= 0.3 is 5.97 Å². The molecule has 0 aliphatic rings.